The molecule has 4 nitrogen and oxygen atoms in total. The summed E-state index contributed by atoms with van der Waals surface area (Å²) in [6.07, 6.45) is 0. The summed E-state index contributed by atoms with van der Waals surface area (Å²) < 4.78 is 0. The third-order valence-corrected chi connectivity index (χ3v) is 4.18. The number of thiophene rings is 1. The number of nitrogens with zero attached hydrogens (tertiary/aromatic N) is 2. The van der Waals surface area contributed by atoms with Gasteiger partial charge in [-0.25, -0.2) is 0 Å². The van der Waals surface area contributed by atoms with Crippen molar-refractivity contribution in [2.24, 2.45) is 0 Å². The second kappa shape index (κ2) is 6.16. The third kappa shape index (κ3) is 3.33. The van der Waals surface area contributed by atoms with Gasteiger partial charge in [-0.05, 0) is 34.0 Å². The minimum Gasteiger partial charge on any atom is -0.365 e. The van der Waals surface area contributed by atoms with Gasteiger partial charge in [0, 0.05) is 25.0 Å². The van der Waals surface area contributed by atoms with E-state index in [0.29, 0.717) is 17.6 Å². The van der Waals surface area contributed by atoms with Crippen LogP contribution < -0.4 is 4.90 Å². The van der Waals surface area contributed by atoms with Crippen molar-refractivity contribution in [3.05, 3.63) is 56.3 Å². The molecule has 1 aromatic carbocycles. The average Bonchev–Trinajstić information content (AvgIpc) is 2.90. The highest BCUT2D eigenvalue weighted by Gasteiger charge is 2.17. The number of anilines is 1. The van der Waals surface area contributed by atoms with E-state index in [1.807, 2.05) is 29.5 Å². The number of benzene rings is 1. The molecule has 1 heterocycles. The summed E-state index contributed by atoms with van der Waals surface area (Å²) in [5.41, 5.74) is 2.85. The molecule has 0 saturated carbocycles. The Morgan fingerprint density at radius 2 is 2.16 bits per heavy atom. The van der Waals surface area contributed by atoms with Gasteiger partial charge in [0.25, 0.3) is 5.69 Å². The van der Waals surface area contributed by atoms with Crippen LogP contribution in [0.4, 0.5) is 11.4 Å². The van der Waals surface area contributed by atoms with Crippen molar-refractivity contribution in [1.82, 2.24) is 0 Å². The first-order chi connectivity index (χ1) is 9.11. The highest BCUT2D eigenvalue weighted by Crippen LogP contribution is 2.30. The Balaban J connectivity index is 2.30. The number of halogens is 1. The smallest absolute Gasteiger partial charge is 0.292 e. The monoisotopic (exact) mass is 340 g/mol. The van der Waals surface area contributed by atoms with Crippen LogP contribution in [0.15, 0.2) is 35.0 Å². The van der Waals surface area contributed by atoms with Gasteiger partial charge in [-0.3, -0.25) is 10.1 Å². The summed E-state index contributed by atoms with van der Waals surface area (Å²) in [5.74, 6) is 0. The van der Waals surface area contributed by atoms with E-state index in [4.69, 9.17) is 0 Å². The van der Waals surface area contributed by atoms with Crippen molar-refractivity contribution < 1.29 is 4.92 Å². The predicted octanol–water partition coefficient (Wildman–Crippen LogP) is 4.19. The zero-order chi connectivity index (χ0) is 13.8. The van der Waals surface area contributed by atoms with Gasteiger partial charge < -0.3 is 4.90 Å². The zero-order valence-corrected chi connectivity index (χ0v) is 12.8. The van der Waals surface area contributed by atoms with E-state index >= 15 is 0 Å². The lowest BCUT2D eigenvalue weighted by Gasteiger charge is -2.18. The minimum atomic E-state index is -0.328. The molecule has 0 spiro atoms. The fourth-order valence-corrected chi connectivity index (χ4v) is 2.87. The standard InChI is InChI=1S/C13H13BrN2O2S/c1-15(8-11-4-5-19-9-11)12-3-2-10(7-14)6-13(12)16(17)18/h2-6,9H,7-8H2,1H3. The summed E-state index contributed by atoms with van der Waals surface area (Å²) in [7, 11) is 1.87. The maximum absolute atomic E-state index is 11.2. The summed E-state index contributed by atoms with van der Waals surface area (Å²) in [6.45, 7) is 0.665. The first-order valence-electron chi connectivity index (χ1n) is 5.67. The predicted molar refractivity (Wildman–Crippen MR) is 82.2 cm³/mol. The van der Waals surface area contributed by atoms with Crippen LogP contribution in [0, 0.1) is 10.1 Å². The van der Waals surface area contributed by atoms with Crippen molar-refractivity contribution in [1.29, 1.82) is 0 Å². The number of nitro groups is 1. The summed E-state index contributed by atoms with van der Waals surface area (Å²) in [6, 6.07) is 7.36. The van der Waals surface area contributed by atoms with E-state index in [9.17, 15) is 10.1 Å². The number of hydrogen-bond acceptors (Lipinski definition) is 4. The Morgan fingerprint density at radius 3 is 2.74 bits per heavy atom. The maximum Gasteiger partial charge on any atom is 0.292 e. The lowest BCUT2D eigenvalue weighted by Crippen LogP contribution is -2.17. The molecule has 0 amide bonds. The van der Waals surface area contributed by atoms with Gasteiger partial charge in [0.2, 0.25) is 0 Å². The van der Waals surface area contributed by atoms with Gasteiger partial charge in [0.15, 0.2) is 0 Å². The van der Waals surface area contributed by atoms with Crippen LogP contribution in [-0.4, -0.2) is 12.0 Å². The first kappa shape index (κ1) is 14.0. The number of alkyl halides is 1. The highest BCUT2D eigenvalue weighted by atomic mass is 79.9. The Hall–Kier alpha value is -1.40. The summed E-state index contributed by atoms with van der Waals surface area (Å²) in [4.78, 5) is 12.7. The van der Waals surface area contributed by atoms with E-state index in [2.05, 4.69) is 21.3 Å². The van der Waals surface area contributed by atoms with Crippen molar-refractivity contribution in [3.8, 4) is 0 Å². The van der Waals surface area contributed by atoms with E-state index in [-0.39, 0.29) is 10.6 Å². The fraction of sp³-hybridized carbons (Fsp3) is 0.231. The molecule has 0 radical (unpaired) electrons. The molecule has 6 heteroatoms. The van der Waals surface area contributed by atoms with Crippen molar-refractivity contribution in [2.75, 3.05) is 11.9 Å². The lowest BCUT2D eigenvalue weighted by molar-refractivity contribution is -0.384. The molecule has 0 bridgehead atoms. The molecule has 2 aromatic rings. The molecule has 0 fully saturated rings. The molecule has 1 aromatic heterocycles. The van der Waals surface area contributed by atoms with Crippen LogP contribution in [0.2, 0.25) is 0 Å². The SMILES string of the molecule is CN(Cc1ccsc1)c1ccc(CBr)cc1[N+](=O)[O-]. The van der Waals surface area contributed by atoms with E-state index in [0.717, 1.165) is 11.1 Å². The molecule has 0 aliphatic rings. The Labute approximate surface area is 124 Å². The average molecular weight is 341 g/mol. The number of hydrogen-bond donors (Lipinski definition) is 0. The van der Waals surface area contributed by atoms with Crippen molar-refractivity contribution in [2.45, 2.75) is 11.9 Å². The zero-order valence-electron chi connectivity index (χ0n) is 10.4. The van der Waals surface area contributed by atoms with Gasteiger partial charge in [-0.1, -0.05) is 22.0 Å². The van der Waals surface area contributed by atoms with E-state index in [1.54, 1.807) is 23.5 Å². The van der Waals surface area contributed by atoms with Gasteiger partial charge in [-0.2, -0.15) is 11.3 Å². The quantitative estimate of drug-likeness (QED) is 0.465. The van der Waals surface area contributed by atoms with Crippen LogP contribution in [0.1, 0.15) is 11.1 Å². The molecule has 0 N–H and O–H groups in total. The molecule has 0 atom stereocenters. The molecule has 0 aliphatic carbocycles. The molecule has 0 aliphatic heterocycles. The molecule has 19 heavy (non-hydrogen) atoms. The molecule has 0 unspecified atom stereocenters. The van der Waals surface area contributed by atoms with E-state index in [1.165, 1.54) is 0 Å². The Bertz CT molecular complexity index is 572. The first-order valence-corrected chi connectivity index (χ1v) is 7.73. The highest BCUT2D eigenvalue weighted by molar-refractivity contribution is 9.08. The minimum absolute atomic E-state index is 0.148. The molecular weight excluding hydrogens is 328 g/mol. The normalized spacial score (nSPS) is 10.4. The third-order valence-electron chi connectivity index (χ3n) is 2.80. The fourth-order valence-electron chi connectivity index (χ4n) is 1.86. The van der Waals surface area contributed by atoms with Gasteiger partial charge in [-0.15, -0.1) is 0 Å². The van der Waals surface area contributed by atoms with Gasteiger partial charge in [0.1, 0.15) is 5.69 Å². The maximum atomic E-state index is 11.2. The van der Waals surface area contributed by atoms with E-state index < -0.39 is 0 Å². The van der Waals surface area contributed by atoms with Gasteiger partial charge >= 0.3 is 0 Å². The van der Waals surface area contributed by atoms with Crippen LogP contribution in [-0.2, 0) is 11.9 Å². The van der Waals surface area contributed by atoms with Crippen molar-refractivity contribution in [3.63, 3.8) is 0 Å². The molecule has 2 rings (SSSR count). The van der Waals surface area contributed by atoms with Crippen LogP contribution >= 0.6 is 27.3 Å². The van der Waals surface area contributed by atoms with Crippen LogP contribution in [0.5, 0.6) is 0 Å². The van der Waals surface area contributed by atoms with Gasteiger partial charge in [0.05, 0.1) is 4.92 Å². The Morgan fingerprint density at radius 1 is 1.37 bits per heavy atom. The summed E-state index contributed by atoms with van der Waals surface area (Å²) >= 11 is 4.94. The largest absolute Gasteiger partial charge is 0.365 e. The second-order valence-electron chi connectivity index (χ2n) is 4.20. The number of rotatable bonds is 5. The number of nitro benzene ring substituents is 1. The molecule has 100 valence electrons. The lowest BCUT2D eigenvalue weighted by atomic mass is 10.1. The molecular formula is C13H13BrN2O2S. The molecule has 0 saturated heterocycles. The van der Waals surface area contributed by atoms with Crippen molar-refractivity contribution >= 4 is 38.6 Å². The summed E-state index contributed by atoms with van der Waals surface area (Å²) in [5, 5.41) is 15.8. The second-order valence-corrected chi connectivity index (χ2v) is 5.54. The van der Waals surface area contributed by atoms with Crippen LogP contribution in [0.3, 0.4) is 0 Å². The Kier molecular flexibility index (Phi) is 4.55. The topological polar surface area (TPSA) is 46.4 Å². The van der Waals surface area contributed by atoms with Crippen LogP contribution in [0.25, 0.3) is 0 Å².